The topological polar surface area (TPSA) is 67.4 Å². The highest BCUT2D eigenvalue weighted by Crippen LogP contribution is 1.98. The van der Waals surface area contributed by atoms with Crippen LogP contribution in [0.2, 0.25) is 0 Å². The summed E-state index contributed by atoms with van der Waals surface area (Å²) in [6.45, 7) is 0.183. The van der Waals surface area contributed by atoms with Crippen molar-refractivity contribution in [2.75, 3.05) is 0 Å². The second kappa shape index (κ2) is 5.71. The molecule has 0 aliphatic rings. The van der Waals surface area contributed by atoms with E-state index in [2.05, 4.69) is 10.3 Å². The van der Waals surface area contributed by atoms with Gasteiger partial charge in [0.1, 0.15) is 0 Å². The third kappa shape index (κ3) is 3.68. The molecule has 0 aliphatic heterocycles. The molecule has 1 aromatic rings. The summed E-state index contributed by atoms with van der Waals surface area (Å²) >= 11 is 0. The first kappa shape index (κ1) is 10.2. The number of carbonyl (C=O) groups is 2. The molecule has 0 heterocycles. The van der Waals surface area contributed by atoms with Gasteiger partial charge in [-0.15, -0.1) is 0 Å². The minimum Gasteiger partial charge on any atom is -0.354 e. The van der Waals surface area contributed by atoms with Crippen LogP contribution in [0, 0.1) is 0 Å². The van der Waals surface area contributed by atoms with Gasteiger partial charge in [-0.3, -0.25) is 15.0 Å². The Kier molecular flexibility index (Phi) is 4.16. The number of rotatable bonds is 5. The number of hydrazine groups is 1. The van der Waals surface area contributed by atoms with Gasteiger partial charge in [-0.05, 0) is 5.56 Å². The van der Waals surface area contributed by atoms with Gasteiger partial charge in [-0.1, -0.05) is 35.9 Å². The van der Waals surface area contributed by atoms with Crippen LogP contribution in [-0.4, -0.2) is 12.4 Å². The molecule has 1 amide bonds. The van der Waals surface area contributed by atoms with E-state index in [0.717, 1.165) is 5.56 Å². The van der Waals surface area contributed by atoms with Crippen molar-refractivity contribution in [1.29, 1.82) is 0 Å². The van der Waals surface area contributed by atoms with E-state index in [4.69, 9.17) is 0 Å². The first-order valence-electron chi connectivity index (χ1n) is 4.00. The summed E-state index contributed by atoms with van der Waals surface area (Å²) in [7, 11) is 0. The molecule has 0 radical (unpaired) electrons. The summed E-state index contributed by atoms with van der Waals surface area (Å²) in [4.78, 5) is 24.9. The maximum Gasteiger partial charge on any atom is 0.315 e. The van der Waals surface area contributed by atoms with Gasteiger partial charge in [0.05, 0.1) is 6.42 Å². The van der Waals surface area contributed by atoms with Gasteiger partial charge in [-0.25, -0.2) is 0 Å². The van der Waals surface area contributed by atoms with Gasteiger partial charge in [0, 0.05) is 0 Å². The number of nitrogens with one attached hydrogen (secondary N) is 2. The molecule has 1 aromatic carbocycles. The van der Waals surface area contributed by atoms with Crippen molar-refractivity contribution in [3.8, 4) is 0 Å². The van der Waals surface area contributed by atoms with Crippen LogP contribution in [0.1, 0.15) is 5.56 Å². The Hall–Kier alpha value is -1.88. The Morgan fingerprint density at radius 1 is 1.36 bits per heavy atom. The molecule has 0 bridgehead atoms. The molecule has 0 unspecified atom stereocenters. The van der Waals surface area contributed by atoms with Crippen molar-refractivity contribution >= 4 is 12.4 Å². The van der Waals surface area contributed by atoms with E-state index < -0.39 is 0 Å². The highest BCUT2D eigenvalue weighted by Gasteiger charge is 2.01. The zero-order chi connectivity index (χ0) is 10.2. The first-order chi connectivity index (χ1) is 6.83. The minimum atomic E-state index is -0.280. The highest BCUT2D eigenvalue weighted by atomic mass is 16.7. The third-order valence-electron chi connectivity index (χ3n) is 1.50. The Morgan fingerprint density at radius 3 is 2.71 bits per heavy atom. The fourth-order valence-corrected chi connectivity index (χ4v) is 0.936. The van der Waals surface area contributed by atoms with E-state index in [1.54, 1.807) is 0 Å². The molecule has 0 saturated heterocycles. The SMILES string of the molecule is O=CONNC(=O)Cc1ccccc1. The van der Waals surface area contributed by atoms with Crippen LogP contribution < -0.4 is 11.0 Å². The molecule has 0 aliphatic carbocycles. The van der Waals surface area contributed by atoms with Crippen molar-refractivity contribution in [1.82, 2.24) is 11.0 Å². The fourth-order valence-electron chi connectivity index (χ4n) is 0.936. The van der Waals surface area contributed by atoms with Crippen molar-refractivity contribution < 1.29 is 14.4 Å². The predicted octanol–water partition coefficient (Wildman–Crippen LogP) is -0.0621. The molecule has 2 N–H and O–H groups in total. The molecule has 0 fully saturated rings. The van der Waals surface area contributed by atoms with Crippen LogP contribution in [0.25, 0.3) is 0 Å². The minimum absolute atomic E-state index is 0.183. The lowest BCUT2D eigenvalue weighted by molar-refractivity contribution is -0.141. The smallest absolute Gasteiger partial charge is 0.315 e. The van der Waals surface area contributed by atoms with Crippen LogP contribution in [0.3, 0.4) is 0 Å². The lowest BCUT2D eigenvalue weighted by Crippen LogP contribution is -2.37. The lowest BCUT2D eigenvalue weighted by Gasteiger charge is -2.03. The van der Waals surface area contributed by atoms with Crippen molar-refractivity contribution in [2.45, 2.75) is 6.42 Å². The van der Waals surface area contributed by atoms with Gasteiger partial charge < -0.3 is 4.84 Å². The normalized spacial score (nSPS) is 9.14. The second-order valence-electron chi connectivity index (χ2n) is 2.53. The molecular formula is C9H10N2O3. The molecule has 0 spiro atoms. The summed E-state index contributed by atoms with van der Waals surface area (Å²) in [5, 5.41) is 0. The van der Waals surface area contributed by atoms with Crippen LogP contribution in [0.4, 0.5) is 0 Å². The van der Waals surface area contributed by atoms with Crippen molar-refractivity contribution in [3.05, 3.63) is 35.9 Å². The first-order valence-corrected chi connectivity index (χ1v) is 4.00. The van der Waals surface area contributed by atoms with Gasteiger partial charge in [0.25, 0.3) is 0 Å². The largest absolute Gasteiger partial charge is 0.354 e. The van der Waals surface area contributed by atoms with E-state index in [1.165, 1.54) is 0 Å². The summed E-state index contributed by atoms with van der Waals surface area (Å²) in [6, 6.07) is 9.23. The molecular weight excluding hydrogens is 184 g/mol. The molecule has 0 atom stereocenters. The number of amides is 1. The molecule has 5 heteroatoms. The molecule has 5 nitrogen and oxygen atoms in total. The van der Waals surface area contributed by atoms with E-state index in [1.807, 2.05) is 35.9 Å². The van der Waals surface area contributed by atoms with Crippen LogP contribution in [-0.2, 0) is 20.8 Å². The average Bonchev–Trinajstić information content (AvgIpc) is 2.20. The van der Waals surface area contributed by atoms with Crippen LogP contribution in [0.5, 0.6) is 0 Å². The fraction of sp³-hybridized carbons (Fsp3) is 0.111. The molecule has 74 valence electrons. The maximum atomic E-state index is 11.1. The Morgan fingerprint density at radius 2 is 2.07 bits per heavy atom. The highest BCUT2D eigenvalue weighted by molar-refractivity contribution is 5.77. The summed E-state index contributed by atoms with van der Waals surface area (Å²) < 4.78 is 0. The van der Waals surface area contributed by atoms with E-state index in [0.29, 0.717) is 0 Å². The lowest BCUT2D eigenvalue weighted by atomic mass is 10.1. The van der Waals surface area contributed by atoms with E-state index >= 15 is 0 Å². The Labute approximate surface area is 81.0 Å². The van der Waals surface area contributed by atoms with Crippen LogP contribution in [0.15, 0.2) is 30.3 Å². The monoisotopic (exact) mass is 194 g/mol. The number of carbonyl (C=O) groups excluding carboxylic acids is 2. The van der Waals surface area contributed by atoms with Gasteiger partial charge in [0.15, 0.2) is 0 Å². The molecule has 1 rings (SSSR count). The summed E-state index contributed by atoms with van der Waals surface area (Å²) in [5.41, 5.74) is 5.06. The molecule has 0 saturated carbocycles. The van der Waals surface area contributed by atoms with E-state index in [9.17, 15) is 9.59 Å². The predicted molar refractivity (Wildman–Crippen MR) is 48.6 cm³/mol. The standard InChI is InChI=1S/C9H10N2O3/c12-7-14-11-10-9(13)6-8-4-2-1-3-5-8/h1-5,7,11H,6H2,(H,10,13). The van der Waals surface area contributed by atoms with E-state index in [-0.39, 0.29) is 18.8 Å². The number of hydrogen-bond donors (Lipinski definition) is 2. The zero-order valence-corrected chi connectivity index (χ0v) is 7.40. The average molecular weight is 194 g/mol. The number of hydrogen-bond acceptors (Lipinski definition) is 4. The van der Waals surface area contributed by atoms with Gasteiger partial charge >= 0.3 is 6.47 Å². The van der Waals surface area contributed by atoms with Gasteiger partial charge in [0.2, 0.25) is 5.91 Å². The summed E-state index contributed by atoms with van der Waals surface area (Å²) in [5.74, 6) is -0.280. The molecule has 0 aromatic heterocycles. The Bertz CT molecular complexity index is 300. The number of benzene rings is 1. The van der Waals surface area contributed by atoms with Gasteiger partial charge in [-0.2, -0.15) is 0 Å². The van der Waals surface area contributed by atoms with Crippen LogP contribution >= 0.6 is 0 Å². The second-order valence-corrected chi connectivity index (χ2v) is 2.53. The van der Waals surface area contributed by atoms with Crippen molar-refractivity contribution in [3.63, 3.8) is 0 Å². The third-order valence-corrected chi connectivity index (χ3v) is 1.50. The summed E-state index contributed by atoms with van der Waals surface area (Å²) in [6.07, 6.45) is 0.232. The quantitative estimate of drug-likeness (QED) is 0.391. The van der Waals surface area contributed by atoms with Crippen molar-refractivity contribution in [2.24, 2.45) is 0 Å². The zero-order valence-electron chi connectivity index (χ0n) is 7.40. The maximum absolute atomic E-state index is 11.1. The Balaban J connectivity index is 2.31. The molecule has 14 heavy (non-hydrogen) atoms.